The SMILES string of the molecule is Fc1ccc2c(c1)CC(COc1cccnc1F)O2. The van der Waals surface area contributed by atoms with E-state index in [2.05, 4.69) is 4.98 Å². The summed E-state index contributed by atoms with van der Waals surface area (Å²) in [5.41, 5.74) is 0.806. The van der Waals surface area contributed by atoms with E-state index in [1.807, 2.05) is 0 Å². The van der Waals surface area contributed by atoms with Crippen molar-refractivity contribution in [2.24, 2.45) is 0 Å². The first-order valence-corrected chi connectivity index (χ1v) is 5.91. The van der Waals surface area contributed by atoms with Crippen molar-refractivity contribution in [3.63, 3.8) is 0 Å². The van der Waals surface area contributed by atoms with E-state index in [1.54, 1.807) is 12.1 Å². The van der Waals surface area contributed by atoms with Gasteiger partial charge in [0.25, 0.3) is 5.95 Å². The predicted molar refractivity (Wildman–Crippen MR) is 64.2 cm³/mol. The normalized spacial score (nSPS) is 16.8. The zero-order valence-electron chi connectivity index (χ0n) is 9.98. The molecular weight excluding hydrogens is 252 g/mol. The summed E-state index contributed by atoms with van der Waals surface area (Å²) in [5.74, 6) is -0.193. The number of aromatic nitrogens is 1. The molecular formula is C14H11F2NO2. The molecule has 1 aromatic carbocycles. The number of nitrogens with zero attached hydrogens (tertiary/aromatic N) is 1. The van der Waals surface area contributed by atoms with Gasteiger partial charge in [-0.25, -0.2) is 9.37 Å². The number of pyridine rings is 1. The van der Waals surface area contributed by atoms with Crippen molar-refractivity contribution in [1.29, 1.82) is 0 Å². The van der Waals surface area contributed by atoms with Crippen LogP contribution in [0.4, 0.5) is 8.78 Å². The zero-order valence-corrected chi connectivity index (χ0v) is 9.98. The molecule has 0 bridgehead atoms. The lowest BCUT2D eigenvalue weighted by Crippen LogP contribution is -2.22. The Balaban J connectivity index is 1.63. The second-order valence-electron chi connectivity index (χ2n) is 4.30. The van der Waals surface area contributed by atoms with Gasteiger partial charge in [0.05, 0.1) is 0 Å². The standard InChI is InChI=1S/C14H11F2NO2/c15-10-3-4-12-9(6-10)7-11(19-12)8-18-13-2-1-5-17-14(13)16/h1-6,11H,7-8H2. The first-order valence-electron chi connectivity index (χ1n) is 5.91. The lowest BCUT2D eigenvalue weighted by molar-refractivity contribution is 0.144. The molecule has 1 aliphatic heterocycles. The average Bonchev–Trinajstić information content (AvgIpc) is 2.79. The summed E-state index contributed by atoms with van der Waals surface area (Å²) in [4.78, 5) is 3.49. The Hall–Kier alpha value is -2.17. The second kappa shape index (κ2) is 4.84. The fraction of sp³-hybridized carbons (Fsp3) is 0.214. The number of benzene rings is 1. The largest absolute Gasteiger partial charge is 0.486 e. The van der Waals surface area contributed by atoms with Gasteiger partial charge in [0.1, 0.15) is 24.3 Å². The third-order valence-corrected chi connectivity index (χ3v) is 2.91. The monoisotopic (exact) mass is 263 g/mol. The number of ether oxygens (including phenoxy) is 2. The minimum atomic E-state index is -0.649. The lowest BCUT2D eigenvalue weighted by Gasteiger charge is -2.12. The smallest absolute Gasteiger partial charge is 0.255 e. The third-order valence-electron chi connectivity index (χ3n) is 2.91. The van der Waals surface area contributed by atoms with Gasteiger partial charge in [-0.1, -0.05) is 0 Å². The van der Waals surface area contributed by atoms with Crippen molar-refractivity contribution in [3.8, 4) is 11.5 Å². The molecule has 98 valence electrons. The van der Waals surface area contributed by atoms with Crippen LogP contribution < -0.4 is 9.47 Å². The van der Waals surface area contributed by atoms with Gasteiger partial charge in [-0.2, -0.15) is 4.39 Å². The van der Waals surface area contributed by atoms with E-state index in [9.17, 15) is 8.78 Å². The zero-order chi connectivity index (χ0) is 13.2. The van der Waals surface area contributed by atoms with E-state index in [4.69, 9.17) is 9.47 Å². The van der Waals surface area contributed by atoms with E-state index in [0.717, 1.165) is 5.56 Å². The Kier molecular flexibility index (Phi) is 3.03. The molecule has 2 aromatic rings. The predicted octanol–water partition coefficient (Wildman–Crippen LogP) is 2.74. The first kappa shape index (κ1) is 11.9. The Labute approximate surface area is 108 Å². The van der Waals surface area contributed by atoms with Gasteiger partial charge >= 0.3 is 0 Å². The minimum Gasteiger partial charge on any atom is -0.486 e. The quantitative estimate of drug-likeness (QED) is 0.798. The van der Waals surface area contributed by atoms with Crippen LogP contribution >= 0.6 is 0 Å². The molecule has 0 aliphatic carbocycles. The highest BCUT2D eigenvalue weighted by Gasteiger charge is 2.24. The molecule has 1 unspecified atom stereocenters. The molecule has 0 N–H and O–H groups in total. The van der Waals surface area contributed by atoms with Crippen LogP contribution in [0.3, 0.4) is 0 Å². The minimum absolute atomic E-state index is 0.0910. The van der Waals surface area contributed by atoms with Gasteiger partial charge in [0.15, 0.2) is 5.75 Å². The molecule has 5 heteroatoms. The van der Waals surface area contributed by atoms with E-state index in [0.29, 0.717) is 12.2 Å². The van der Waals surface area contributed by atoms with Gasteiger partial charge in [-0.15, -0.1) is 0 Å². The molecule has 3 rings (SSSR count). The fourth-order valence-electron chi connectivity index (χ4n) is 2.04. The second-order valence-corrected chi connectivity index (χ2v) is 4.30. The molecule has 3 nitrogen and oxygen atoms in total. The molecule has 1 atom stereocenters. The molecule has 1 aliphatic rings. The Morgan fingerprint density at radius 3 is 3.05 bits per heavy atom. The maximum Gasteiger partial charge on any atom is 0.255 e. The molecule has 0 spiro atoms. The summed E-state index contributed by atoms with van der Waals surface area (Å²) in [6.45, 7) is 0.193. The number of hydrogen-bond acceptors (Lipinski definition) is 3. The summed E-state index contributed by atoms with van der Waals surface area (Å²) in [5, 5.41) is 0. The number of halogens is 2. The fourth-order valence-corrected chi connectivity index (χ4v) is 2.04. The average molecular weight is 263 g/mol. The maximum absolute atomic E-state index is 13.3. The lowest BCUT2D eigenvalue weighted by atomic mass is 10.1. The van der Waals surface area contributed by atoms with Crippen molar-refractivity contribution in [2.45, 2.75) is 12.5 Å². The number of hydrogen-bond donors (Lipinski definition) is 0. The van der Waals surface area contributed by atoms with Crippen LogP contribution in [0.5, 0.6) is 11.5 Å². The van der Waals surface area contributed by atoms with Crippen molar-refractivity contribution >= 4 is 0 Å². The van der Waals surface area contributed by atoms with Crippen LogP contribution in [0, 0.1) is 11.8 Å². The van der Waals surface area contributed by atoms with Crippen LogP contribution in [-0.4, -0.2) is 17.7 Å². The molecule has 0 saturated heterocycles. The maximum atomic E-state index is 13.3. The molecule has 0 saturated carbocycles. The highest BCUT2D eigenvalue weighted by Crippen LogP contribution is 2.29. The summed E-state index contributed by atoms with van der Waals surface area (Å²) < 4.78 is 37.2. The summed E-state index contributed by atoms with van der Waals surface area (Å²) >= 11 is 0. The van der Waals surface area contributed by atoms with Gasteiger partial charge in [0.2, 0.25) is 0 Å². The molecule has 19 heavy (non-hydrogen) atoms. The first-order chi connectivity index (χ1) is 9.22. The van der Waals surface area contributed by atoms with Crippen LogP contribution in [0.15, 0.2) is 36.5 Å². The van der Waals surface area contributed by atoms with Crippen molar-refractivity contribution < 1.29 is 18.3 Å². The Morgan fingerprint density at radius 1 is 1.32 bits per heavy atom. The molecule has 0 radical (unpaired) electrons. The van der Waals surface area contributed by atoms with Crippen molar-refractivity contribution in [1.82, 2.24) is 4.98 Å². The molecule has 0 fully saturated rings. The summed E-state index contributed by atoms with van der Waals surface area (Å²) in [6, 6.07) is 7.49. The molecule has 0 amide bonds. The van der Waals surface area contributed by atoms with Gasteiger partial charge in [-0.05, 0) is 30.3 Å². The van der Waals surface area contributed by atoms with Crippen molar-refractivity contribution in [2.75, 3.05) is 6.61 Å². The van der Waals surface area contributed by atoms with Crippen LogP contribution in [-0.2, 0) is 6.42 Å². The van der Waals surface area contributed by atoms with E-state index < -0.39 is 5.95 Å². The third kappa shape index (κ3) is 2.50. The molecule has 1 aromatic heterocycles. The number of rotatable bonds is 3. The van der Waals surface area contributed by atoms with Crippen molar-refractivity contribution in [3.05, 3.63) is 53.9 Å². The van der Waals surface area contributed by atoms with Crippen LogP contribution in [0.2, 0.25) is 0 Å². The highest BCUT2D eigenvalue weighted by molar-refractivity contribution is 5.38. The van der Waals surface area contributed by atoms with Crippen LogP contribution in [0.25, 0.3) is 0 Å². The summed E-state index contributed by atoms with van der Waals surface area (Å²) in [7, 11) is 0. The van der Waals surface area contributed by atoms with Gasteiger partial charge < -0.3 is 9.47 Å². The van der Waals surface area contributed by atoms with E-state index >= 15 is 0 Å². The topological polar surface area (TPSA) is 31.4 Å². The van der Waals surface area contributed by atoms with Gasteiger partial charge in [0, 0.05) is 18.2 Å². The van der Waals surface area contributed by atoms with E-state index in [1.165, 1.54) is 24.4 Å². The Bertz CT molecular complexity index is 604. The van der Waals surface area contributed by atoms with Gasteiger partial charge in [-0.3, -0.25) is 0 Å². The number of fused-ring (bicyclic) bond motifs is 1. The van der Waals surface area contributed by atoms with Crippen LogP contribution in [0.1, 0.15) is 5.56 Å². The van der Waals surface area contributed by atoms with E-state index in [-0.39, 0.29) is 24.3 Å². The summed E-state index contributed by atoms with van der Waals surface area (Å²) in [6.07, 6.45) is 1.67. The highest BCUT2D eigenvalue weighted by atomic mass is 19.1. The molecule has 2 heterocycles. The Morgan fingerprint density at radius 2 is 2.21 bits per heavy atom.